The molecule has 0 bridgehead atoms. The predicted molar refractivity (Wildman–Crippen MR) is 107 cm³/mol. The fraction of sp³-hybridized carbons (Fsp3) is 0.364. The van der Waals surface area contributed by atoms with Crippen LogP contribution < -0.4 is 4.74 Å². The number of aromatic nitrogens is 2. The van der Waals surface area contributed by atoms with E-state index in [2.05, 4.69) is 4.98 Å². The lowest BCUT2D eigenvalue weighted by molar-refractivity contribution is 0.0475. The van der Waals surface area contributed by atoms with Crippen LogP contribution in [0.3, 0.4) is 0 Å². The van der Waals surface area contributed by atoms with Gasteiger partial charge in [0.25, 0.3) is 5.91 Å². The molecule has 7 nitrogen and oxygen atoms in total. The minimum absolute atomic E-state index is 0.0516. The van der Waals surface area contributed by atoms with E-state index in [4.69, 9.17) is 13.9 Å². The molecule has 152 valence electrons. The van der Waals surface area contributed by atoms with Crippen molar-refractivity contribution in [3.63, 3.8) is 0 Å². The Kier molecular flexibility index (Phi) is 5.95. The third kappa shape index (κ3) is 4.68. The van der Waals surface area contributed by atoms with Gasteiger partial charge in [-0.25, -0.2) is 4.98 Å². The van der Waals surface area contributed by atoms with Crippen molar-refractivity contribution in [3.05, 3.63) is 72.2 Å². The van der Waals surface area contributed by atoms with E-state index in [1.807, 2.05) is 35.0 Å². The maximum absolute atomic E-state index is 13.0. The summed E-state index contributed by atoms with van der Waals surface area (Å²) in [6.07, 6.45) is 7.24. The first-order valence-electron chi connectivity index (χ1n) is 9.80. The summed E-state index contributed by atoms with van der Waals surface area (Å²) in [5.74, 6) is 1.80. The van der Waals surface area contributed by atoms with Gasteiger partial charge in [-0.3, -0.25) is 4.79 Å². The molecule has 7 heteroatoms. The van der Waals surface area contributed by atoms with Gasteiger partial charge in [0, 0.05) is 32.1 Å². The largest absolute Gasteiger partial charge is 0.497 e. The van der Waals surface area contributed by atoms with Gasteiger partial charge >= 0.3 is 0 Å². The Morgan fingerprint density at radius 3 is 3.03 bits per heavy atom. The molecule has 4 rings (SSSR count). The van der Waals surface area contributed by atoms with E-state index in [-0.39, 0.29) is 12.0 Å². The second-order valence-electron chi connectivity index (χ2n) is 7.12. The van der Waals surface area contributed by atoms with Crippen LogP contribution in [0.15, 0.2) is 59.5 Å². The van der Waals surface area contributed by atoms with Crippen LogP contribution in [0.1, 0.15) is 34.8 Å². The average molecular weight is 395 g/mol. The molecule has 1 aliphatic heterocycles. The second-order valence-corrected chi connectivity index (χ2v) is 7.12. The summed E-state index contributed by atoms with van der Waals surface area (Å²) in [5.41, 5.74) is 1.10. The molecule has 1 aromatic carbocycles. The van der Waals surface area contributed by atoms with Crippen molar-refractivity contribution in [1.29, 1.82) is 0 Å². The van der Waals surface area contributed by atoms with Crippen LogP contribution in [0.2, 0.25) is 0 Å². The zero-order valence-electron chi connectivity index (χ0n) is 16.5. The van der Waals surface area contributed by atoms with Crippen LogP contribution in [-0.4, -0.2) is 46.7 Å². The van der Waals surface area contributed by atoms with Crippen LogP contribution in [0.5, 0.6) is 5.75 Å². The number of rotatable bonds is 8. The number of hydrogen-bond acceptors (Lipinski definition) is 5. The number of carbonyl (C=O) groups is 1. The summed E-state index contributed by atoms with van der Waals surface area (Å²) in [4.78, 5) is 19.3. The molecule has 1 atom stereocenters. The molecule has 2 aromatic heterocycles. The molecule has 0 saturated carbocycles. The highest BCUT2D eigenvalue weighted by atomic mass is 16.5. The van der Waals surface area contributed by atoms with Gasteiger partial charge in [-0.2, -0.15) is 0 Å². The number of imidazole rings is 1. The van der Waals surface area contributed by atoms with Crippen LogP contribution in [-0.2, 0) is 17.8 Å². The van der Waals surface area contributed by atoms with E-state index < -0.39 is 0 Å². The van der Waals surface area contributed by atoms with Gasteiger partial charge in [0.15, 0.2) is 5.76 Å². The van der Waals surface area contributed by atoms with Gasteiger partial charge in [-0.15, -0.1) is 0 Å². The lowest BCUT2D eigenvalue weighted by Gasteiger charge is -2.24. The molecule has 0 aliphatic carbocycles. The molecular weight excluding hydrogens is 370 g/mol. The van der Waals surface area contributed by atoms with E-state index in [1.54, 1.807) is 30.3 Å². The fourth-order valence-electron chi connectivity index (χ4n) is 3.58. The topological polar surface area (TPSA) is 69.7 Å². The summed E-state index contributed by atoms with van der Waals surface area (Å²) in [7, 11) is 1.66. The standard InChI is InChI=1S/C22H25N3O4/c1-27-18-6-2-5-17(13-18)14-24-10-9-23-21(24)16-25(15-19-7-3-11-28-19)22(26)20-8-4-12-29-20/h2,4-6,8-10,12-13,19H,3,7,11,14-16H2,1H3. The van der Waals surface area contributed by atoms with Crippen molar-refractivity contribution in [2.75, 3.05) is 20.3 Å². The smallest absolute Gasteiger partial charge is 0.290 e. The monoisotopic (exact) mass is 395 g/mol. The minimum atomic E-state index is -0.151. The summed E-state index contributed by atoms with van der Waals surface area (Å²) in [5, 5.41) is 0. The molecule has 1 aliphatic rings. The molecule has 29 heavy (non-hydrogen) atoms. The van der Waals surface area contributed by atoms with Gasteiger partial charge in [0.05, 0.1) is 26.0 Å². The number of methoxy groups -OCH3 is 1. The number of carbonyl (C=O) groups excluding carboxylic acids is 1. The van der Waals surface area contributed by atoms with Crippen LogP contribution >= 0.6 is 0 Å². The van der Waals surface area contributed by atoms with Crippen molar-refractivity contribution in [2.24, 2.45) is 0 Å². The number of benzene rings is 1. The molecule has 0 spiro atoms. The first kappa shape index (κ1) is 19.3. The van der Waals surface area contributed by atoms with Gasteiger partial charge < -0.3 is 23.4 Å². The highest BCUT2D eigenvalue weighted by Gasteiger charge is 2.26. The lowest BCUT2D eigenvalue weighted by Crippen LogP contribution is -2.37. The summed E-state index contributed by atoms with van der Waals surface area (Å²) in [6.45, 7) is 2.30. The first-order chi connectivity index (χ1) is 14.2. The minimum Gasteiger partial charge on any atom is -0.497 e. The van der Waals surface area contributed by atoms with E-state index in [0.717, 1.165) is 36.6 Å². The molecular formula is C22H25N3O4. The summed E-state index contributed by atoms with van der Waals surface area (Å²) >= 11 is 0. The molecule has 3 aromatic rings. The van der Waals surface area contributed by atoms with Crippen molar-refractivity contribution in [3.8, 4) is 5.75 Å². The van der Waals surface area contributed by atoms with Gasteiger partial charge in [-0.1, -0.05) is 12.1 Å². The number of hydrogen-bond donors (Lipinski definition) is 0. The summed E-state index contributed by atoms with van der Waals surface area (Å²) in [6, 6.07) is 11.3. The van der Waals surface area contributed by atoms with E-state index in [9.17, 15) is 4.79 Å². The third-order valence-corrected chi connectivity index (χ3v) is 5.09. The SMILES string of the molecule is COc1cccc(Cn2ccnc2CN(CC2CCCO2)C(=O)c2ccco2)c1. The van der Waals surface area contributed by atoms with Gasteiger partial charge in [0.1, 0.15) is 11.6 Å². The Balaban J connectivity index is 1.52. The number of amides is 1. The second kappa shape index (κ2) is 8.96. The Morgan fingerprint density at radius 1 is 1.34 bits per heavy atom. The number of furan rings is 1. The predicted octanol–water partition coefficient (Wildman–Crippen LogP) is 3.35. The normalized spacial score (nSPS) is 16.1. The van der Waals surface area contributed by atoms with Crippen molar-refractivity contribution < 1.29 is 18.7 Å². The number of ether oxygens (including phenoxy) is 2. The van der Waals surface area contributed by atoms with Crippen LogP contribution in [0, 0.1) is 0 Å². The van der Waals surface area contributed by atoms with E-state index in [1.165, 1.54) is 6.26 Å². The third-order valence-electron chi connectivity index (χ3n) is 5.09. The first-order valence-corrected chi connectivity index (χ1v) is 9.80. The Labute approximate surface area is 169 Å². The van der Waals surface area contributed by atoms with Crippen LogP contribution in [0.4, 0.5) is 0 Å². The molecule has 3 heterocycles. The molecule has 1 amide bonds. The molecule has 0 radical (unpaired) electrons. The average Bonchev–Trinajstić information content (AvgIpc) is 3.51. The zero-order chi connectivity index (χ0) is 20.1. The molecule has 1 saturated heterocycles. The van der Waals surface area contributed by atoms with Crippen molar-refractivity contribution in [1.82, 2.24) is 14.5 Å². The van der Waals surface area contributed by atoms with Crippen molar-refractivity contribution >= 4 is 5.91 Å². The van der Waals surface area contributed by atoms with E-state index in [0.29, 0.717) is 25.4 Å². The number of nitrogens with zero attached hydrogens (tertiary/aromatic N) is 3. The Morgan fingerprint density at radius 2 is 2.28 bits per heavy atom. The highest BCUT2D eigenvalue weighted by Crippen LogP contribution is 2.19. The Hall–Kier alpha value is -3.06. The maximum atomic E-state index is 13.0. The Bertz CT molecular complexity index is 929. The zero-order valence-corrected chi connectivity index (χ0v) is 16.5. The van der Waals surface area contributed by atoms with E-state index >= 15 is 0 Å². The fourth-order valence-corrected chi connectivity index (χ4v) is 3.58. The van der Waals surface area contributed by atoms with Gasteiger partial charge in [-0.05, 0) is 42.7 Å². The lowest BCUT2D eigenvalue weighted by atomic mass is 10.2. The highest BCUT2D eigenvalue weighted by molar-refractivity contribution is 5.91. The van der Waals surface area contributed by atoms with Crippen molar-refractivity contribution in [2.45, 2.75) is 32.0 Å². The molecule has 1 unspecified atom stereocenters. The maximum Gasteiger partial charge on any atom is 0.290 e. The molecule has 1 fully saturated rings. The van der Waals surface area contributed by atoms with Crippen LogP contribution in [0.25, 0.3) is 0 Å². The summed E-state index contributed by atoms with van der Waals surface area (Å²) < 4.78 is 18.5. The quantitative estimate of drug-likeness (QED) is 0.585. The van der Waals surface area contributed by atoms with Gasteiger partial charge in [0.2, 0.25) is 0 Å². The molecule has 0 N–H and O–H groups in total.